The third-order valence-corrected chi connectivity index (χ3v) is 3.13. The standard InChI is InChI=1S/C15H13N3O3/c1-17(13-6-4-3-5-11(13)10-16)15-9-12(21-2)7-8-14(15)18(19)20/h3-9H,1-2H3. The summed E-state index contributed by atoms with van der Waals surface area (Å²) in [7, 11) is 3.17. The summed E-state index contributed by atoms with van der Waals surface area (Å²) in [5.41, 5.74) is 1.35. The fourth-order valence-corrected chi connectivity index (χ4v) is 2.04. The molecule has 0 spiro atoms. The molecule has 0 radical (unpaired) electrons. The van der Waals surface area contributed by atoms with E-state index in [1.54, 1.807) is 42.3 Å². The predicted molar refractivity (Wildman–Crippen MR) is 78.9 cm³/mol. The molecule has 0 aliphatic rings. The first-order valence-electron chi connectivity index (χ1n) is 6.13. The van der Waals surface area contributed by atoms with Crippen molar-refractivity contribution in [1.29, 1.82) is 5.26 Å². The largest absolute Gasteiger partial charge is 0.497 e. The first-order chi connectivity index (χ1) is 10.1. The first kappa shape index (κ1) is 14.3. The molecule has 0 N–H and O–H groups in total. The van der Waals surface area contributed by atoms with Gasteiger partial charge >= 0.3 is 0 Å². The number of ether oxygens (including phenoxy) is 1. The minimum atomic E-state index is -0.458. The van der Waals surface area contributed by atoms with E-state index in [0.29, 0.717) is 22.7 Å². The van der Waals surface area contributed by atoms with Crippen molar-refractivity contribution in [3.05, 3.63) is 58.1 Å². The number of hydrogen-bond acceptors (Lipinski definition) is 5. The third-order valence-electron chi connectivity index (χ3n) is 3.13. The molecule has 0 amide bonds. The van der Waals surface area contributed by atoms with Crippen LogP contribution in [0.25, 0.3) is 0 Å². The Morgan fingerprint density at radius 1 is 1.24 bits per heavy atom. The van der Waals surface area contributed by atoms with Crippen molar-refractivity contribution in [1.82, 2.24) is 0 Å². The number of nitro benzene ring substituents is 1. The molecule has 2 rings (SSSR count). The Balaban J connectivity index is 2.59. The van der Waals surface area contributed by atoms with E-state index in [2.05, 4.69) is 6.07 Å². The molecule has 2 aromatic rings. The molecule has 21 heavy (non-hydrogen) atoms. The minimum Gasteiger partial charge on any atom is -0.497 e. The van der Waals surface area contributed by atoms with Crippen molar-refractivity contribution in [2.75, 3.05) is 19.1 Å². The molecule has 0 atom stereocenters. The van der Waals surface area contributed by atoms with Crippen LogP contribution in [0.1, 0.15) is 5.56 Å². The van der Waals surface area contributed by atoms with Crippen molar-refractivity contribution in [3.63, 3.8) is 0 Å². The average Bonchev–Trinajstić information content (AvgIpc) is 2.53. The van der Waals surface area contributed by atoms with Gasteiger partial charge in [-0.15, -0.1) is 0 Å². The molecular formula is C15H13N3O3. The Morgan fingerprint density at radius 2 is 1.95 bits per heavy atom. The number of anilines is 2. The molecule has 0 aromatic heterocycles. The number of nitrogens with zero attached hydrogens (tertiary/aromatic N) is 3. The average molecular weight is 283 g/mol. The lowest BCUT2D eigenvalue weighted by Crippen LogP contribution is -2.13. The van der Waals surface area contributed by atoms with E-state index in [9.17, 15) is 10.1 Å². The van der Waals surface area contributed by atoms with Crippen LogP contribution in [0.5, 0.6) is 5.75 Å². The monoisotopic (exact) mass is 283 g/mol. The van der Waals surface area contributed by atoms with Gasteiger partial charge in [0.25, 0.3) is 5.69 Å². The van der Waals surface area contributed by atoms with E-state index in [1.807, 2.05) is 0 Å². The first-order valence-corrected chi connectivity index (χ1v) is 6.13. The van der Waals surface area contributed by atoms with Gasteiger partial charge in [-0.1, -0.05) is 12.1 Å². The Morgan fingerprint density at radius 3 is 2.57 bits per heavy atom. The van der Waals surface area contributed by atoms with Gasteiger partial charge in [0.15, 0.2) is 0 Å². The molecule has 0 bridgehead atoms. The van der Waals surface area contributed by atoms with Crippen LogP contribution in [0, 0.1) is 21.4 Å². The highest BCUT2D eigenvalue weighted by molar-refractivity contribution is 5.76. The maximum atomic E-state index is 11.2. The number of benzene rings is 2. The summed E-state index contributed by atoms with van der Waals surface area (Å²) in [4.78, 5) is 12.3. The van der Waals surface area contributed by atoms with Crippen molar-refractivity contribution < 1.29 is 9.66 Å². The quantitative estimate of drug-likeness (QED) is 0.635. The predicted octanol–water partition coefficient (Wildman–Crippen LogP) is 3.24. The lowest BCUT2D eigenvalue weighted by molar-refractivity contribution is -0.384. The Bertz CT molecular complexity index is 722. The Kier molecular flexibility index (Phi) is 4.05. The third kappa shape index (κ3) is 2.77. The molecule has 0 saturated carbocycles. The lowest BCUT2D eigenvalue weighted by Gasteiger charge is -2.20. The van der Waals surface area contributed by atoms with Gasteiger partial charge in [-0.2, -0.15) is 5.26 Å². The molecule has 106 valence electrons. The van der Waals surface area contributed by atoms with E-state index < -0.39 is 4.92 Å². The second-order valence-electron chi connectivity index (χ2n) is 4.30. The van der Waals surface area contributed by atoms with Crippen LogP contribution < -0.4 is 9.64 Å². The zero-order valence-electron chi connectivity index (χ0n) is 11.6. The summed E-state index contributed by atoms with van der Waals surface area (Å²) in [6, 6.07) is 13.5. The van der Waals surface area contributed by atoms with E-state index in [4.69, 9.17) is 10.00 Å². The second-order valence-corrected chi connectivity index (χ2v) is 4.30. The van der Waals surface area contributed by atoms with Crippen molar-refractivity contribution in [2.45, 2.75) is 0 Å². The molecule has 2 aromatic carbocycles. The summed E-state index contributed by atoms with van der Waals surface area (Å²) < 4.78 is 5.12. The van der Waals surface area contributed by atoms with Gasteiger partial charge in [0.2, 0.25) is 0 Å². The molecule has 6 nitrogen and oxygen atoms in total. The Labute approximate surface area is 122 Å². The molecule has 6 heteroatoms. The number of nitro groups is 1. The number of rotatable bonds is 4. The molecule has 0 aliphatic carbocycles. The van der Waals surface area contributed by atoms with Crippen LogP contribution in [0.2, 0.25) is 0 Å². The zero-order chi connectivity index (χ0) is 15.4. The Hall–Kier alpha value is -3.07. The smallest absolute Gasteiger partial charge is 0.293 e. The summed E-state index contributed by atoms with van der Waals surface area (Å²) >= 11 is 0. The van der Waals surface area contributed by atoms with E-state index >= 15 is 0 Å². The summed E-state index contributed by atoms with van der Waals surface area (Å²) in [5, 5.41) is 20.3. The van der Waals surface area contributed by atoms with Gasteiger partial charge in [-0.25, -0.2) is 0 Å². The molecule has 0 unspecified atom stereocenters. The fraction of sp³-hybridized carbons (Fsp3) is 0.133. The number of hydrogen-bond donors (Lipinski definition) is 0. The highest BCUT2D eigenvalue weighted by atomic mass is 16.6. The van der Waals surface area contributed by atoms with Gasteiger partial charge in [0.05, 0.1) is 23.3 Å². The zero-order valence-corrected chi connectivity index (χ0v) is 11.6. The van der Waals surface area contributed by atoms with Gasteiger partial charge < -0.3 is 9.64 Å². The molecular weight excluding hydrogens is 270 g/mol. The van der Waals surface area contributed by atoms with Crippen molar-refractivity contribution in [2.24, 2.45) is 0 Å². The minimum absolute atomic E-state index is 0.0500. The highest BCUT2D eigenvalue weighted by Gasteiger charge is 2.20. The fourth-order valence-electron chi connectivity index (χ4n) is 2.04. The highest BCUT2D eigenvalue weighted by Crippen LogP contribution is 2.36. The number of methoxy groups -OCH3 is 1. The maximum absolute atomic E-state index is 11.2. The maximum Gasteiger partial charge on any atom is 0.293 e. The van der Waals surface area contributed by atoms with E-state index in [0.717, 1.165) is 0 Å². The van der Waals surface area contributed by atoms with Crippen molar-refractivity contribution >= 4 is 17.1 Å². The normalized spacial score (nSPS) is 9.76. The molecule has 0 saturated heterocycles. The van der Waals surface area contributed by atoms with Gasteiger partial charge in [0, 0.05) is 19.2 Å². The van der Waals surface area contributed by atoms with Crippen LogP contribution in [0.3, 0.4) is 0 Å². The molecule has 0 aliphatic heterocycles. The van der Waals surface area contributed by atoms with Crippen LogP contribution in [0.4, 0.5) is 17.1 Å². The van der Waals surface area contributed by atoms with Gasteiger partial charge in [-0.3, -0.25) is 10.1 Å². The van der Waals surface area contributed by atoms with Crippen LogP contribution >= 0.6 is 0 Å². The molecule has 0 fully saturated rings. The van der Waals surface area contributed by atoms with Crippen LogP contribution in [-0.4, -0.2) is 19.1 Å². The topological polar surface area (TPSA) is 79.4 Å². The number of para-hydroxylation sites is 1. The van der Waals surface area contributed by atoms with Gasteiger partial charge in [0.1, 0.15) is 17.5 Å². The molecule has 0 heterocycles. The van der Waals surface area contributed by atoms with E-state index in [1.165, 1.54) is 19.2 Å². The summed E-state index contributed by atoms with van der Waals surface area (Å²) in [5.74, 6) is 0.511. The van der Waals surface area contributed by atoms with Gasteiger partial charge in [-0.05, 0) is 18.2 Å². The van der Waals surface area contributed by atoms with Crippen molar-refractivity contribution in [3.8, 4) is 11.8 Å². The van der Waals surface area contributed by atoms with E-state index in [-0.39, 0.29) is 5.69 Å². The number of nitriles is 1. The summed E-state index contributed by atoms with van der Waals surface area (Å²) in [6.07, 6.45) is 0. The SMILES string of the molecule is COc1ccc([N+](=O)[O-])c(N(C)c2ccccc2C#N)c1. The van der Waals surface area contributed by atoms with Crippen LogP contribution in [-0.2, 0) is 0 Å². The summed E-state index contributed by atoms with van der Waals surface area (Å²) in [6.45, 7) is 0. The van der Waals surface area contributed by atoms with Crippen LogP contribution in [0.15, 0.2) is 42.5 Å². The second kappa shape index (κ2) is 5.92. The lowest BCUT2D eigenvalue weighted by atomic mass is 10.1.